The monoisotopic (exact) mass is 363 g/mol. The Balaban J connectivity index is 1.45. The summed E-state index contributed by atoms with van der Waals surface area (Å²) in [5.41, 5.74) is 5.12. The van der Waals surface area contributed by atoms with E-state index < -0.39 is 0 Å². The minimum absolute atomic E-state index is 0.0742. The van der Waals surface area contributed by atoms with Crippen molar-refractivity contribution in [3.63, 3.8) is 0 Å². The zero-order valence-electron chi connectivity index (χ0n) is 14.7. The molecule has 1 aliphatic rings. The third-order valence-corrected chi connectivity index (χ3v) is 5.75. The number of hydrogen-bond donors (Lipinski definition) is 1. The molecule has 0 saturated heterocycles. The molecule has 132 valence electrons. The van der Waals surface area contributed by atoms with Gasteiger partial charge in [0.2, 0.25) is 0 Å². The Morgan fingerprint density at radius 3 is 2.77 bits per heavy atom. The van der Waals surface area contributed by atoms with Crippen LogP contribution in [-0.2, 0) is 19.2 Å². The SMILES string of the molecule is Cn1nc(C(=O)NCCCc2ccccc2)c2c1-c1ccccc1SC2. The summed E-state index contributed by atoms with van der Waals surface area (Å²) in [6, 6.07) is 18.7. The third-order valence-electron chi connectivity index (χ3n) is 4.65. The highest BCUT2D eigenvalue weighted by Gasteiger charge is 2.27. The third kappa shape index (κ3) is 3.27. The van der Waals surface area contributed by atoms with Gasteiger partial charge in [-0.3, -0.25) is 9.48 Å². The number of rotatable bonds is 5. The predicted molar refractivity (Wildman–Crippen MR) is 105 cm³/mol. The molecule has 1 aromatic heterocycles. The molecular formula is C21H21N3OS. The van der Waals surface area contributed by atoms with Crippen LogP contribution < -0.4 is 5.32 Å². The Kier molecular flexibility index (Phi) is 4.80. The van der Waals surface area contributed by atoms with Gasteiger partial charge in [0.05, 0.1) is 5.69 Å². The van der Waals surface area contributed by atoms with Crippen molar-refractivity contribution in [2.75, 3.05) is 6.54 Å². The molecule has 1 amide bonds. The maximum absolute atomic E-state index is 12.7. The van der Waals surface area contributed by atoms with E-state index >= 15 is 0 Å². The van der Waals surface area contributed by atoms with Gasteiger partial charge in [-0.05, 0) is 24.5 Å². The van der Waals surface area contributed by atoms with Crippen molar-refractivity contribution in [3.05, 3.63) is 71.4 Å². The summed E-state index contributed by atoms with van der Waals surface area (Å²) in [7, 11) is 1.91. The van der Waals surface area contributed by atoms with Crippen molar-refractivity contribution in [2.45, 2.75) is 23.5 Å². The molecule has 26 heavy (non-hydrogen) atoms. The molecule has 1 aliphatic heterocycles. The first kappa shape index (κ1) is 16.9. The van der Waals surface area contributed by atoms with Crippen LogP contribution in [0.5, 0.6) is 0 Å². The molecule has 3 aromatic rings. The normalized spacial score (nSPS) is 12.3. The number of carbonyl (C=O) groups is 1. The zero-order valence-corrected chi connectivity index (χ0v) is 15.6. The average Bonchev–Trinajstić information content (AvgIpc) is 3.03. The fraction of sp³-hybridized carbons (Fsp3) is 0.238. The summed E-state index contributed by atoms with van der Waals surface area (Å²) in [6.45, 7) is 0.656. The highest BCUT2D eigenvalue weighted by Crippen LogP contribution is 2.42. The highest BCUT2D eigenvalue weighted by atomic mass is 32.2. The number of aromatic nitrogens is 2. The molecule has 0 spiro atoms. The zero-order chi connectivity index (χ0) is 17.9. The highest BCUT2D eigenvalue weighted by molar-refractivity contribution is 7.98. The Bertz CT molecular complexity index is 934. The first-order valence-corrected chi connectivity index (χ1v) is 9.83. The molecule has 1 N–H and O–H groups in total. The van der Waals surface area contributed by atoms with Gasteiger partial charge < -0.3 is 5.32 Å². The molecule has 0 bridgehead atoms. The number of nitrogens with zero attached hydrogens (tertiary/aromatic N) is 2. The summed E-state index contributed by atoms with van der Waals surface area (Å²) >= 11 is 1.77. The molecule has 2 aromatic carbocycles. The molecule has 5 heteroatoms. The smallest absolute Gasteiger partial charge is 0.272 e. The molecule has 4 nitrogen and oxygen atoms in total. The molecule has 0 aliphatic carbocycles. The van der Waals surface area contributed by atoms with E-state index in [-0.39, 0.29) is 5.91 Å². The van der Waals surface area contributed by atoms with Crippen LogP contribution in [0.2, 0.25) is 0 Å². The van der Waals surface area contributed by atoms with Crippen LogP contribution in [-0.4, -0.2) is 22.2 Å². The molecule has 0 atom stereocenters. The lowest BCUT2D eigenvalue weighted by Crippen LogP contribution is -2.26. The van der Waals surface area contributed by atoms with E-state index in [2.05, 4.69) is 34.7 Å². The van der Waals surface area contributed by atoms with Crippen molar-refractivity contribution in [3.8, 4) is 11.3 Å². The quantitative estimate of drug-likeness (QED) is 0.696. The van der Waals surface area contributed by atoms with Crippen LogP contribution in [0.4, 0.5) is 0 Å². The predicted octanol–water partition coefficient (Wildman–Crippen LogP) is 4.06. The lowest BCUT2D eigenvalue weighted by Gasteiger charge is -2.16. The van der Waals surface area contributed by atoms with Crippen LogP contribution in [0.3, 0.4) is 0 Å². The summed E-state index contributed by atoms with van der Waals surface area (Å²) in [5.74, 6) is 0.711. The van der Waals surface area contributed by atoms with Crippen LogP contribution >= 0.6 is 11.8 Å². The molecular weight excluding hydrogens is 342 g/mol. The van der Waals surface area contributed by atoms with Gasteiger partial charge in [0.15, 0.2) is 5.69 Å². The Labute approximate surface area is 157 Å². The van der Waals surface area contributed by atoms with E-state index in [1.807, 2.05) is 42.1 Å². The second-order valence-corrected chi connectivity index (χ2v) is 7.45. The number of amides is 1. The van der Waals surface area contributed by atoms with E-state index in [4.69, 9.17) is 0 Å². The summed E-state index contributed by atoms with van der Waals surface area (Å²) in [6.07, 6.45) is 1.88. The number of nitrogens with one attached hydrogen (secondary N) is 1. The van der Waals surface area contributed by atoms with Crippen LogP contribution in [0.1, 0.15) is 28.0 Å². The number of benzene rings is 2. The van der Waals surface area contributed by atoms with E-state index in [9.17, 15) is 4.79 Å². The molecule has 0 unspecified atom stereocenters. The lowest BCUT2D eigenvalue weighted by atomic mass is 10.1. The lowest BCUT2D eigenvalue weighted by molar-refractivity contribution is 0.0947. The van der Waals surface area contributed by atoms with Gasteiger partial charge in [-0.15, -0.1) is 11.8 Å². The molecule has 2 heterocycles. The Hall–Kier alpha value is -2.53. The van der Waals surface area contributed by atoms with Crippen LogP contribution in [0, 0.1) is 0 Å². The largest absolute Gasteiger partial charge is 0.351 e. The van der Waals surface area contributed by atoms with Gasteiger partial charge in [-0.1, -0.05) is 48.5 Å². The van der Waals surface area contributed by atoms with Gasteiger partial charge in [0.1, 0.15) is 0 Å². The fourth-order valence-corrected chi connectivity index (χ4v) is 4.45. The van der Waals surface area contributed by atoms with E-state index in [1.165, 1.54) is 10.5 Å². The maximum Gasteiger partial charge on any atom is 0.272 e. The maximum atomic E-state index is 12.7. The van der Waals surface area contributed by atoms with Gasteiger partial charge in [-0.25, -0.2) is 0 Å². The Morgan fingerprint density at radius 2 is 1.92 bits per heavy atom. The molecule has 0 fully saturated rings. The number of hydrogen-bond acceptors (Lipinski definition) is 3. The topological polar surface area (TPSA) is 46.9 Å². The van der Waals surface area contributed by atoms with Gasteiger partial charge in [0, 0.05) is 35.4 Å². The summed E-state index contributed by atoms with van der Waals surface area (Å²) in [4.78, 5) is 13.9. The molecule has 4 rings (SSSR count). The second-order valence-electron chi connectivity index (χ2n) is 6.43. The van der Waals surface area contributed by atoms with Crippen molar-refractivity contribution >= 4 is 17.7 Å². The van der Waals surface area contributed by atoms with Gasteiger partial charge in [-0.2, -0.15) is 5.10 Å². The molecule has 0 radical (unpaired) electrons. The second kappa shape index (κ2) is 7.38. The van der Waals surface area contributed by atoms with Crippen molar-refractivity contribution in [1.29, 1.82) is 0 Å². The Morgan fingerprint density at radius 1 is 1.15 bits per heavy atom. The summed E-state index contributed by atoms with van der Waals surface area (Å²) in [5, 5.41) is 7.55. The van der Waals surface area contributed by atoms with Crippen LogP contribution in [0.15, 0.2) is 59.5 Å². The fourth-order valence-electron chi connectivity index (χ4n) is 3.38. The van der Waals surface area contributed by atoms with E-state index in [1.54, 1.807) is 11.8 Å². The van der Waals surface area contributed by atoms with Crippen molar-refractivity contribution < 1.29 is 4.79 Å². The number of fused-ring (bicyclic) bond motifs is 3. The van der Waals surface area contributed by atoms with Gasteiger partial charge >= 0.3 is 0 Å². The van der Waals surface area contributed by atoms with Gasteiger partial charge in [0.25, 0.3) is 5.91 Å². The average molecular weight is 363 g/mol. The molecule has 0 saturated carbocycles. The summed E-state index contributed by atoms with van der Waals surface area (Å²) < 4.78 is 1.84. The number of thioether (sulfide) groups is 1. The van der Waals surface area contributed by atoms with E-state index in [0.29, 0.717) is 12.2 Å². The minimum Gasteiger partial charge on any atom is -0.351 e. The standard InChI is InChI=1S/C21H21N3OS/c1-24-20-16-11-5-6-12-18(16)26-14-17(20)19(23-24)21(25)22-13-7-10-15-8-3-2-4-9-15/h2-6,8-9,11-12H,7,10,13-14H2,1H3,(H,22,25). The van der Waals surface area contributed by atoms with Crippen molar-refractivity contribution in [2.24, 2.45) is 7.05 Å². The number of aryl methyl sites for hydroxylation is 2. The number of carbonyl (C=O) groups excluding carboxylic acids is 1. The van der Waals surface area contributed by atoms with E-state index in [0.717, 1.165) is 35.4 Å². The van der Waals surface area contributed by atoms with Crippen molar-refractivity contribution in [1.82, 2.24) is 15.1 Å². The minimum atomic E-state index is -0.0742. The first-order chi connectivity index (χ1) is 12.7. The first-order valence-electron chi connectivity index (χ1n) is 8.84. The van der Waals surface area contributed by atoms with Crippen LogP contribution in [0.25, 0.3) is 11.3 Å².